The molecule has 0 spiro atoms. The lowest BCUT2D eigenvalue weighted by atomic mass is 10.8. The van der Waals surface area contributed by atoms with Gasteiger partial charge in [0, 0.05) is 5.33 Å². The van der Waals surface area contributed by atoms with Gasteiger partial charge < -0.3 is 0 Å². The highest BCUT2D eigenvalue weighted by Crippen LogP contribution is 2.21. The molecule has 1 heterocycles. The Kier molecular flexibility index (Phi) is 2.65. The van der Waals surface area contributed by atoms with Crippen molar-refractivity contribution in [2.24, 2.45) is 5.10 Å². The van der Waals surface area contributed by atoms with Gasteiger partial charge in [0.05, 0.1) is 0 Å². The van der Waals surface area contributed by atoms with Crippen LogP contribution in [0.15, 0.2) is 5.10 Å². The van der Waals surface area contributed by atoms with E-state index in [1.807, 2.05) is 0 Å². The van der Waals surface area contributed by atoms with Gasteiger partial charge in [0.2, 0.25) is 0 Å². The molecule has 1 N–H and O–H groups in total. The van der Waals surface area contributed by atoms with E-state index in [0.29, 0.717) is 5.37 Å². The highest BCUT2D eigenvalue weighted by molar-refractivity contribution is 9.22. The monoisotopic (exact) mass is 258 g/mol. The van der Waals surface area contributed by atoms with E-state index in [-0.39, 0.29) is 0 Å². The highest BCUT2D eigenvalue weighted by Gasteiger charge is 2.14. The van der Waals surface area contributed by atoms with Crippen molar-refractivity contribution in [3.8, 4) is 0 Å². The van der Waals surface area contributed by atoms with E-state index >= 15 is 0 Å². The first kappa shape index (κ1) is 6.89. The van der Waals surface area contributed by atoms with Gasteiger partial charge in [-0.3, -0.25) is 5.43 Å². The van der Waals surface area contributed by atoms with Gasteiger partial charge in [0.15, 0.2) is 3.95 Å². The molecular formula is C3H4Br2N2S. The third kappa shape index (κ3) is 1.63. The van der Waals surface area contributed by atoms with Crippen molar-refractivity contribution in [3.05, 3.63) is 0 Å². The SMILES string of the molecule is BrCC1NN=C(Br)S1. The van der Waals surface area contributed by atoms with Gasteiger partial charge >= 0.3 is 0 Å². The Bertz CT molecular complexity index is 116. The Labute approximate surface area is 68.7 Å². The van der Waals surface area contributed by atoms with Crippen LogP contribution in [-0.4, -0.2) is 14.7 Å². The number of nitrogens with one attached hydrogen (secondary N) is 1. The summed E-state index contributed by atoms with van der Waals surface area (Å²) >= 11 is 8.25. The molecule has 0 bridgehead atoms. The molecular weight excluding hydrogens is 256 g/mol. The molecule has 5 heteroatoms. The number of rotatable bonds is 1. The first-order valence-corrected chi connectivity index (χ1v) is 4.83. The maximum Gasteiger partial charge on any atom is 0.161 e. The fraction of sp³-hybridized carbons (Fsp3) is 0.667. The first-order chi connectivity index (χ1) is 3.83. The van der Waals surface area contributed by atoms with E-state index in [2.05, 4.69) is 42.4 Å². The van der Waals surface area contributed by atoms with Crippen molar-refractivity contribution in [2.45, 2.75) is 5.37 Å². The molecule has 0 fully saturated rings. The van der Waals surface area contributed by atoms with Gasteiger partial charge in [-0.05, 0) is 15.9 Å². The number of halogens is 2. The van der Waals surface area contributed by atoms with Crippen LogP contribution < -0.4 is 5.43 Å². The van der Waals surface area contributed by atoms with E-state index < -0.39 is 0 Å². The zero-order valence-corrected chi connectivity index (χ0v) is 7.88. The summed E-state index contributed by atoms with van der Waals surface area (Å²) in [6, 6.07) is 0. The molecule has 0 saturated heterocycles. The molecule has 0 saturated carbocycles. The fourth-order valence-electron chi connectivity index (χ4n) is 0.359. The summed E-state index contributed by atoms with van der Waals surface area (Å²) in [6.45, 7) is 0. The second-order valence-corrected chi connectivity index (χ2v) is 4.37. The number of hydrazone groups is 1. The standard InChI is InChI=1S/C3H4Br2N2S/c4-1-2-6-7-3(5)8-2/h2,6H,1H2. The Hall–Kier alpha value is 0.780. The van der Waals surface area contributed by atoms with Crippen molar-refractivity contribution < 1.29 is 0 Å². The number of thioether (sulfide) groups is 1. The van der Waals surface area contributed by atoms with Gasteiger partial charge in [-0.25, -0.2) is 0 Å². The van der Waals surface area contributed by atoms with E-state index in [4.69, 9.17) is 0 Å². The van der Waals surface area contributed by atoms with Crippen LogP contribution in [0.4, 0.5) is 0 Å². The molecule has 0 aromatic rings. The maximum atomic E-state index is 3.90. The van der Waals surface area contributed by atoms with Crippen LogP contribution in [0, 0.1) is 0 Å². The molecule has 1 unspecified atom stereocenters. The summed E-state index contributed by atoms with van der Waals surface area (Å²) < 4.78 is 0.932. The topological polar surface area (TPSA) is 24.4 Å². The van der Waals surface area contributed by atoms with Gasteiger partial charge in [-0.2, -0.15) is 5.10 Å². The summed E-state index contributed by atoms with van der Waals surface area (Å²) in [7, 11) is 0. The van der Waals surface area contributed by atoms with Gasteiger partial charge in [0.1, 0.15) is 5.37 Å². The summed E-state index contributed by atoms with van der Waals surface area (Å²) in [5.74, 6) is 0. The second-order valence-electron chi connectivity index (χ2n) is 1.25. The minimum Gasteiger partial charge on any atom is -0.294 e. The Morgan fingerprint density at radius 1 is 1.88 bits per heavy atom. The molecule has 0 amide bonds. The Balaban J connectivity index is 2.32. The Morgan fingerprint density at radius 2 is 2.62 bits per heavy atom. The molecule has 2 nitrogen and oxygen atoms in total. The van der Waals surface area contributed by atoms with Gasteiger partial charge in [-0.1, -0.05) is 27.7 Å². The molecule has 0 aliphatic carbocycles. The number of hydrogen-bond donors (Lipinski definition) is 1. The van der Waals surface area contributed by atoms with Crippen molar-refractivity contribution in [1.82, 2.24) is 5.43 Å². The largest absolute Gasteiger partial charge is 0.294 e. The summed E-state index contributed by atoms with van der Waals surface area (Å²) in [4.78, 5) is 0. The van der Waals surface area contributed by atoms with Crippen molar-refractivity contribution in [2.75, 3.05) is 5.33 Å². The lowest BCUT2D eigenvalue weighted by Gasteiger charge is -1.99. The van der Waals surface area contributed by atoms with E-state index in [1.165, 1.54) is 0 Å². The molecule has 0 aromatic carbocycles. The predicted octanol–water partition coefficient (Wildman–Crippen LogP) is 1.71. The van der Waals surface area contributed by atoms with Crippen LogP contribution >= 0.6 is 43.6 Å². The number of nitrogens with zero attached hydrogens (tertiary/aromatic N) is 1. The molecule has 8 heavy (non-hydrogen) atoms. The number of alkyl halides is 1. The molecule has 1 aliphatic heterocycles. The predicted molar refractivity (Wildman–Crippen MR) is 44.7 cm³/mol. The van der Waals surface area contributed by atoms with Crippen LogP contribution in [0.3, 0.4) is 0 Å². The lowest BCUT2D eigenvalue weighted by Crippen LogP contribution is -2.16. The van der Waals surface area contributed by atoms with Crippen LogP contribution in [0.1, 0.15) is 0 Å². The smallest absolute Gasteiger partial charge is 0.161 e. The average molecular weight is 260 g/mol. The molecule has 46 valence electrons. The molecule has 0 radical (unpaired) electrons. The van der Waals surface area contributed by atoms with E-state index in [0.717, 1.165) is 9.28 Å². The number of hydrogen-bond acceptors (Lipinski definition) is 3. The molecule has 1 rings (SSSR count). The quantitative estimate of drug-likeness (QED) is 0.726. The normalized spacial score (nSPS) is 27.2. The molecule has 1 atom stereocenters. The summed E-state index contributed by atoms with van der Waals surface area (Å²) in [5, 5.41) is 5.24. The minimum atomic E-state index is 0.407. The Morgan fingerprint density at radius 3 is 2.88 bits per heavy atom. The van der Waals surface area contributed by atoms with Crippen LogP contribution in [-0.2, 0) is 0 Å². The maximum absolute atomic E-state index is 3.90. The van der Waals surface area contributed by atoms with Gasteiger partial charge in [0.25, 0.3) is 0 Å². The van der Waals surface area contributed by atoms with Crippen molar-refractivity contribution in [3.63, 3.8) is 0 Å². The molecule has 1 aliphatic rings. The lowest BCUT2D eigenvalue weighted by molar-refractivity contribution is 0.766. The molecule has 0 aromatic heterocycles. The van der Waals surface area contributed by atoms with E-state index in [9.17, 15) is 0 Å². The highest BCUT2D eigenvalue weighted by atomic mass is 79.9. The third-order valence-corrected chi connectivity index (χ3v) is 3.33. The second kappa shape index (κ2) is 3.08. The fourth-order valence-corrected chi connectivity index (χ4v) is 2.19. The van der Waals surface area contributed by atoms with Crippen LogP contribution in [0.5, 0.6) is 0 Å². The first-order valence-electron chi connectivity index (χ1n) is 2.04. The van der Waals surface area contributed by atoms with Crippen molar-refractivity contribution >= 4 is 47.6 Å². The zero-order chi connectivity index (χ0) is 5.98. The summed E-state index contributed by atoms with van der Waals surface area (Å²) in [6.07, 6.45) is 0. The van der Waals surface area contributed by atoms with Gasteiger partial charge in [-0.15, -0.1) is 0 Å². The van der Waals surface area contributed by atoms with Crippen molar-refractivity contribution in [1.29, 1.82) is 0 Å². The third-order valence-electron chi connectivity index (χ3n) is 0.676. The summed E-state index contributed by atoms with van der Waals surface area (Å²) in [5.41, 5.74) is 2.91. The van der Waals surface area contributed by atoms with Crippen LogP contribution in [0.2, 0.25) is 0 Å². The minimum absolute atomic E-state index is 0.407. The van der Waals surface area contributed by atoms with E-state index in [1.54, 1.807) is 11.8 Å². The van der Waals surface area contributed by atoms with Crippen LogP contribution in [0.25, 0.3) is 0 Å². The average Bonchev–Trinajstić information content (AvgIpc) is 2.14. The zero-order valence-electron chi connectivity index (χ0n) is 3.90.